The van der Waals surface area contributed by atoms with E-state index in [0.29, 0.717) is 17.2 Å². The smallest absolute Gasteiger partial charge is 0.409 e. The van der Waals surface area contributed by atoms with Gasteiger partial charge in [-0.3, -0.25) is 19.8 Å². The van der Waals surface area contributed by atoms with Crippen molar-refractivity contribution < 1.29 is 43.2 Å². The topological polar surface area (TPSA) is 136 Å². The highest BCUT2D eigenvalue weighted by atomic mass is 35.5. The van der Waals surface area contributed by atoms with E-state index in [1.54, 1.807) is 33.1 Å². The Bertz CT molecular complexity index is 1400. The van der Waals surface area contributed by atoms with E-state index in [4.69, 9.17) is 35.3 Å². The summed E-state index contributed by atoms with van der Waals surface area (Å²) in [5, 5.41) is 14.8. The number of nitrogens with one attached hydrogen (secondary N) is 1. The summed E-state index contributed by atoms with van der Waals surface area (Å²) < 4.78 is 28.7. The molecule has 8 atom stereocenters. The summed E-state index contributed by atoms with van der Waals surface area (Å²) >= 11 is 6.31. The maximum Gasteiger partial charge on any atom is 0.409 e. The summed E-state index contributed by atoms with van der Waals surface area (Å²) in [5.74, 6) is -0.400. The van der Waals surface area contributed by atoms with E-state index >= 15 is 0 Å². The van der Waals surface area contributed by atoms with Crippen LogP contribution in [0.15, 0.2) is 35.9 Å². The first-order chi connectivity index (χ1) is 22.4. The largest absolute Gasteiger partial charge is 0.495 e. The summed E-state index contributed by atoms with van der Waals surface area (Å²) in [6, 6.07) is 3.50. The van der Waals surface area contributed by atoms with Gasteiger partial charge in [-0.25, -0.2) is 4.79 Å². The number of ether oxygens (including phenoxy) is 5. The lowest BCUT2D eigenvalue weighted by atomic mass is 9.83. The van der Waals surface area contributed by atoms with Gasteiger partial charge in [-0.1, -0.05) is 48.4 Å². The number of allylic oxidation sites excluding steroid dienone is 3. The van der Waals surface area contributed by atoms with Crippen LogP contribution >= 0.6 is 11.6 Å². The number of carbonyl (C=O) groups excluding carboxylic acids is 3. The summed E-state index contributed by atoms with van der Waals surface area (Å²) in [7, 11) is 4.87. The average Bonchev–Trinajstić information content (AvgIpc) is 3.70. The quantitative estimate of drug-likeness (QED) is 0.133. The number of aliphatic hydroxyl groups is 1. The van der Waals surface area contributed by atoms with Gasteiger partial charge in [-0.15, -0.1) is 0 Å². The standard InChI is InChI=1S/C36H53ClN2O9/c1-20(2)39(9)25(7)33(41)47-30(17-23(5)40)35(8)32(48-35)24(6)28-19-36(43,38-34(42)46-28)29(45-11)14-12-13-21(3)15-26-16-22(4)31(37)27(18-26)44-10/h12-14,16,18,20,24-25,28-30,32,43H,15,17,19H2,1-11H3,(H,38,42)/b14-12+,21-13+. The van der Waals surface area contributed by atoms with E-state index in [1.807, 2.05) is 64.8 Å². The molecule has 2 fully saturated rings. The number of hydrogen-bond donors (Lipinski definition) is 2. The number of Topliss-reactive ketones (excluding diaryl/α,β-unsaturated/α-hetero) is 1. The van der Waals surface area contributed by atoms with E-state index < -0.39 is 59.8 Å². The molecule has 0 radical (unpaired) electrons. The van der Waals surface area contributed by atoms with Crippen LogP contribution in [-0.4, -0.2) is 96.9 Å². The van der Waals surface area contributed by atoms with Gasteiger partial charge < -0.3 is 28.8 Å². The normalized spacial score (nSPS) is 26.9. The minimum Gasteiger partial charge on any atom is -0.495 e. The molecule has 48 heavy (non-hydrogen) atoms. The average molecular weight is 693 g/mol. The van der Waals surface area contributed by atoms with Crippen molar-refractivity contribution in [1.82, 2.24) is 10.2 Å². The van der Waals surface area contributed by atoms with Gasteiger partial charge in [0.15, 0.2) is 5.72 Å². The Morgan fingerprint density at radius 2 is 1.88 bits per heavy atom. The molecule has 268 valence electrons. The Kier molecular flexibility index (Phi) is 13.3. The van der Waals surface area contributed by atoms with Crippen molar-refractivity contribution in [2.75, 3.05) is 21.3 Å². The Hall–Kier alpha value is -2.96. The zero-order chi connectivity index (χ0) is 36.1. The van der Waals surface area contributed by atoms with Crippen LogP contribution in [0.4, 0.5) is 4.79 Å². The third kappa shape index (κ3) is 9.38. The van der Waals surface area contributed by atoms with Crippen molar-refractivity contribution in [2.24, 2.45) is 5.92 Å². The number of alkyl carbamates (subject to hydrolysis) is 1. The van der Waals surface area contributed by atoms with Gasteiger partial charge in [0.2, 0.25) is 0 Å². The van der Waals surface area contributed by atoms with Gasteiger partial charge in [-0.2, -0.15) is 0 Å². The molecule has 0 spiro atoms. The number of likely N-dealkylation sites (N-methyl/N-ethyl adjacent to an activating group) is 1. The Balaban J connectivity index is 1.72. The number of methoxy groups -OCH3 is 2. The number of cyclic esters (lactones) is 1. The Morgan fingerprint density at radius 3 is 2.46 bits per heavy atom. The molecule has 12 heteroatoms. The molecule has 1 aromatic rings. The molecule has 3 rings (SSSR count). The second-order valence-corrected chi connectivity index (χ2v) is 14.1. The second kappa shape index (κ2) is 16.2. The SMILES string of the molecule is COc1cc(C/C(C)=C/C=C/C(OC)C2(O)CC(C(C)C3OC3(C)C(CC(C)=O)OC(=O)C(C)N(C)C(C)C)OC(=O)N2)cc(C)c1Cl. The number of halogens is 1. The highest BCUT2D eigenvalue weighted by Crippen LogP contribution is 2.48. The summed E-state index contributed by atoms with van der Waals surface area (Å²) in [5.41, 5.74) is 0.234. The van der Waals surface area contributed by atoms with Gasteiger partial charge in [0.1, 0.15) is 41.5 Å². The van der Waals surface area contributed by atoms with Gasteiger partial charge in [0.25, 0.3) is 0 Å². The second-order valence-electron chi connectivity index (χ2n) is 13.7. The van der Waals surface area contributed by atoms with Crippen LogP contribution in [0.3, 0.4) is 0 Å². The van der Waals surface area contributed by atoms with Crippen molar-refractivity contribution in [3.8, 4) is 5.75 Å². The predicted molar refractivity (Wildman–Crippen MR) is 183 cm³/mol. The van der Waals surface area contributed by atoms with E-state index in [1.165, 1.54) is 14.0 Å². The molecule has 11 nitrogen and oxygen atoms in total. The molecule has 2 aliphatic heterocycles. The van der Waals surface area contributed by atoms with Crippen molar-refractivity contribution in [3.63, 3.8) is 0 Å². The third-order valence-corrected chi connectivity index (χ3v) is 10.0. The first-order valence-corrected chi connectivity index (χ1v) is 16.7. The van der Waals surface area contributed by atoms with Crippen LogP contribution in [0.2, 0.25) is 5.02 Å². The number of ketones is 1. The molecule has 8 unspecified atom stereocenters. The number of epoxide rings is 1. The van der Waals surface area contributed by atoms with Crippen LogP contribution in [-0.2, 0) is 35.0 Å². The zero-order valence-corrected chi connectivity index (χ0v) is 30.8. The van der Waals surface area contributed by atoms with Gasteiger partial charge in [-0.05, 0) is 79.1 Å². The first-order valence-electron chi connectivity index (χ1n) is 16.4. The minimum atomic E-state index is -1.78. The van der Waals surface area contributed by atoms with Crippen molar-refractivity contribution in [2.45, 2.75) is 122 Å². The molecule has 0 aliphatic carbocycles. The maximum atomic E-state index is 13.1. The van der Waals surface area contributed by atoms with Crippen LogP contribution in [0.1, 0.15) is 72.4 Å². The number of benzene rings is 1. The van der Waals surface area contributed by atoms with E-state index in [0.717, 1.165) is 16.7 Å². The summed E-state index contributed by atoms with van der Waals surface area (Å²) in [4.78, 5) is 39.9. The number of nitrogens with zero attached hydrogens (tertiary/aromatic N) is 1. The highest BCUT2D eigenvalue weighted by Gasteiger charge is 2.64. The number of carbonyl (C=O) groups is 3. The highest BCUT2D eigenvalue weighted by molar-refractivity contribution is 6.32. The molecule has 0 aromatic heterocycles. The maximum absolute atomic E-state index is 13.1. The lowest BCUT2D eigenvalue weighted by Gasteiger charge is -2.42. The van der Waals surface area contributed by atoms with Crippen LogP contribution < -0.4 is 10.1 Å². The molecule has 1 aromatic carbocycles. The third-order valence-electron chi connectivity index (χ3n) is 9.55. The fourth-order valence-corrected chi connectivity index (χ4v) is 6.40. The minimum absolute atomic E-state index is 0.00137. The molecule has 1 amide bonds. The lowest BCUT2D eigenvalue weighted by Crippen LogP contribution is -2.63. The van der Waals surface area contributed by atoms with Crippen molar-refractivity contribution in [1.29, 1.82) is 0 Å². The molecule has 0 bridgehead atoms. The van der Waals surface area contributed by atoms with E-state index in [2.05, 4.69) is 5.32 Å². The monoisotopic (exact) mass is 692 g/mol. The van der Waals surface area contributed by atoms with E-state index in [-0.39, 0.29) is 24.7 Å². The van der Waals surface area contributed by atoms with Crippen LogP contribution in [0.25, 0.3) is 0 Å². The van der Waals surface area contributed by atoms with E-state index in [9.17, 15) is 19.5 Å². The lowest BCUT2D eigenvalue weighted by molar-refractivity contribution is -0.159. The van der Waals surface area contributed by atoms with Gasteiger partial charge in [0, 0.05) is 31.9 Å². The number of hydrogen-bond acceptors (Lipinski definition) is 10. The van der Waals surface area contributed by atoms with Crippen LogP contribution in [0.5, 0.6) is 5.75 Å². The summed E-state index contributed by atoms with van der Waals surface area (Å²) in [6.45, 7) is 14.7. The molecular weight excluding hydrogens is 640 g/mol. The molecule has 2 aliphatic rings. The molecule has 2 N–H and O–H groups in total. The number of esters is 1. The molecule has 2 saturated heterocycles. The molecule has 0 saturated carbocycles. The van der Waals surface area contributed by atoms with Gasteiger partial charge in [0.05, 0.1) is 18.2 Å². The predicted octanol–water partition coefficient (Wildman–Crippen LogP) is 5.32. The first kappa shape index (κ1) is 39.5. The number of amides is 1. The summed E-state index contributed by atoms with van der Waals surface area (Å²) in [6.07, 6.45) is 2.19. The molecular formula is C36H53ClN2O9. The number of aryl methyl sites for hydroxylation is 1. The fourth-order valence-electron chi connectivity index (χ4n) is 6.22. The fraction of sp³-hybridized carbons (Fsp3) is 0.639. The molecule has 2 heterocycles. The zero-order valence-electron chi connectivity index (χ0n) is 30.1. The van der Waals surface area contributed by atoms with Gasteiger partial charge >= 0.3 is 12.1 Å². The Labute approximate surface area is 289 Å². The van der Waals surface area contributed by atoms with Crippen molar-refractivity contribution in [3.05, 3.63) is 52.1 Å². The Morgan fingerprint density at radius 1 is 1.21 bits per heavy atom. The van der Waals surface area contributed by atoms with Crippen LogP contribution in [0, 0.1) is 12.8 Å². The number of rotatable bonds is 16. The van der Waals surface area contributed by atoms with Crippen molar-refractivity contribution >= 4 is 29.4 Å².